The van der Waals surface area contributed by atoms with Crippen molar-refractivity contribution in [2.45, 2.75) is 96.3 Å². The lowest BCUT2D eigenvalue weighted by Gasteiger charge is -2.28. The first-order valence-electron chi connectivity index (χ1n) is 12.2. The van der Waals surface area contributed by atoms with Crippen LogP contribution in [0.25, 0.3) is 11.4 Å². The van der Waals surface area contributed by atoms with Gasteiger partial charge in [-0.25, -0.2) is 14.4 Å². The maximum atomic E-state index is 13.9. The van der Waals surface area contributed by atoms with E-state index in [1.54, 1.807) is 6.07 Å². The molecule has 1 aliphatic carbocycles. The van der Waals surface area contributed by atoms with E-state index in [0.29, 0.717) is 17.3 Å². The number of hydrogen-bond donors (Lipinski definition) is 0. The van der Waals surface area contributed by atoms with Crippen molar-refractivity contribution in [1.82, 2.24) is 9.97 Å². The van der Waals surface area contributed by atoms with Crippen LogP contribution in [0.5, 0.6) is 0 Å². The number of nitrogens with zero attached hydrogens (tertiary/aromatic N) is 3. The van der Waals surface area contributed by atoms with Gasteiger partial charge in [0.1, 0.15) is 11.9 Å². The van der Waals surface area contributed by atoms with E-state index < -0.39 is 5.82 Å². The molecule has 3 rings (SSSR count). The zero-order chi connectivity index (χ0) is 21.9. The van der Waals surface area contributed by atoms with Gasteiger partial charge in [0.25, 0.3) is 0 Å². The molecule has 1 aromatic heterocycles. The molecule has 1 fully saturated rings. The molecule has 0 unspecified atom stereocenters. The highest BCUT2D eigenvalue weighted by atomic mass is 19.1. The minimum atomic E-state index is -0.525. The summed E-state index contributed by atoms with van der Waals surface area (Å²) in [6, 6.07) is 6.36. The molecule has 1 aromatic carbocycles. The molecule has 1 aliphatic rings. The first-order valence-corrected chi connectivity index (χ1v) is 12.2. The Kier molecular flexibility index (Phi) is 9.46. The van der Waals surface area contributed by atoms with E-state index in [-0.39, 0.29) is 5.56 Å². The summed E-state index contributed by atoms with van der Waals surface area (Å²) in [7, 11) is 0. The van der Waals surface area contributed by atoms with E-state index in [1.165, 1.54) is 101 Å². The molecule has 2 aromatic rings. The van der Waals surface area contributed by atoms with Crippen molar-refractivity contribution in [2.24, 2.45) is 5.92 Å². The quantitative estimate of drug-likeness (QED) is 0.346. The van der Waals surface area contributed by atoms with Crippen LogP contribution in [-0.4, -0.2) is 9.97 Å². The van der Waals surface area contributed by atoms with Crippen LogP contribution in [-0.2, 0) is 0 Å². The second-order valence-electron chi connectivity index (χ2n) is 9.13. The molecule has 4 heteroatoms. The zero-order valence-corrected chi connectivity index (χ0v) is 19.0. The van der Waals surface area contributed by atoms with Crippen molar-refractivity contribution in [2.75, 3.05) is 0 Å². The molecular weight excluding hydrogens is 385 g/mol. The largest absolute Gasteiger partial charge is 0.236 e. The molecule has 0 amide bonds. The average Bonchev–Trinajstić information content (AvgIpc) is 2.81. The molecule has 0 saturated heterocycles. The predicted octanol–water partition coefficient (Wildman–Crippen LogP) is 7.96. The highest BCUT2D eigenvalue weighted by Gasteiger charge is 2.22. The summed E-state index contributed by atoms with van der Waals surface area (Å²) in [6.45, 7) is 2.27. The molecule has 0 radical (unpaired) electrons. The van der Waals surface area contributed by atoms with Crippen molar-refractivity contribution in [1.29, 1.82) is 5.26 Å². The van der Waals surface area contributed by atoms with Gasteiger partial charge in [-0.2, -0.15) is 5.26 Å². The predicted molar refractivity (Wildman–Crippen MR) is 124 cm³/mol. The Labute approximate surface area is 187 Å². The molecule has 166 valence electrons. The first kappa shape index (κ1) is 23.4. The van der Waals surface area contributed by atoms with E-state index in [0.717, 1.165) is 5.92 Å². The lowest BCUT2D eigenvalue weighted by atomic mass is 9.77. The Balaban J connectivity index is 1.39. The van der Waals surface area contributed by atoms with Crippen LogP contribution in [0.2, 0.25) is 0 Å². The Morgan fingerprint density at radius 3 is 2.19 bits per heavy atom. The summed E-state index contributed by atoms with van der Waals surface area (Å²) in [5, 5.41) is 8.87. The fourth-order valence-corrected chi connectivity index (χ4v) is 4.79. The fourth-order valence-electron chi connectivity index (χ4n) is 4.79. The molecule has 0 bridgehead atoms. The van der Waals surface area contributed by atoms with Gasteiger partial charge in [-0.3, -0.25) is 0 Å². The lowest BCUT2D eigenvalue weighted by molar-refractivity contribution is 0.301. The maximum absolute atomic E-state index is 13.9. The second-order valence-corrected chi connectivity index (χ2v) is 9.13. The number of halogens is 1. The van der Waals surface area contributed by atoms with E-state index in [4.69, 9.17) is 5.26 Å². The topological polar surface area (TPSA) is 49.6 Å². The van der Waals surface area contributed by atoms with Crippen molar-refractivity contribution in [3.8, 4) is 17.5 Å². The van der Waals surface area contributed by atoms with Gasteiger partial charge in [-0.15, -0.1) is 0 Å². The summed E-state index contributed by atoms with van der Waals surface area (Å²) in [6.07, 6.45) is 21.4. The number of hydrogen-bond acceptors (Lipinski definition) is 3. The third kappa shape index (κ3) is 7.13. The smallest absolute Gasteiger partial charge is 0.159 e. The summed E-state index contributed by atoms with van der Waals surface area (Å²) in [5.74, 6) is 1.41. The monoisotopic (exact) mass is 421 g/mol. The van der Waals surface area contributed by atoms with Gasteiger partial charge in [0.05, 0.1) is 5.56 Å². The molecule has 1 saturated carbocycles. The van der Waals surface area contributed by atoms with E-state index in [9.17, 15) is 4.39 Å². The van der Waals surface area contributed by atoms with Crippen LogP contribution in [0.15, 0.2) is 30.6 Å². The molecule has 0 aliphatic heterocycles. The van der Waals surface area contributed by atoms with Crippen LogP contribution in [0.3, 0.4) is 0 Å². The van der Waals surface area contributed by atoms with Crippen molar-refractivity contribution in [3.63, 3.8) is 0 Å². The fraction of sp³-hybridized carbons (Fsp3) is 0.593. The third-order valence-electron chi connectivity index (χ3n) is 6.80. The van der Waals surface area contributed by atoms with Crippen molar-refractivity contribution < 1.29 is 4.39 Å². The van der Waals surface area contributed by atoms with Gasteiger partial charge in [-0.05, 0) is 61.3 Å². The molecule has 1 heterocycles. The van der Waals surface area contributed by atoms with Gasteiger partial charge in [-0.1, -0.05) is 64.7 Å². The summed E-state index contributed by atoms with van der Waals surface area (Å²) < 4.78 is 13.9. The second kappa shape index (κ2) is 12.5. The molecular formula is C27H36FN3. The normalized spacial score (nSPS) is 18.6. The van der Waals surface area contributed by atoms with Crippen molar-refractivity contribution >= 4 is 0 Å². The third-order valence-corrected chi connectivity index (χ3v) is 6.80. The maximum Gasteiger partial charge on any atom is 0.159 e. The van der Waals surface area contributed by atoms with Crippen LogP contribution >= 0.6 is 0 Å². The Hall–Kier alpha value is -2.28. The minimum Gasteiger partial charge on any atom is -0.236 e. The summed E-state index contributed by atoms with van der Waals surface area (Å²) in [5.41, 5.74) is 1.85. The Bertz CT molecular complexity index is 833. The molecule has 0 spiro atoms. The number of nitriles is 1. The van der Waals surface area contributed by atoms with Crippen LogP contribution in [0.4, 0.5) is 4.39 Å². The zero-order valence-electron chi connectivity index (χ0n) is 19.0. The standard InChI is InChI=1S/C27H36FN3/c1-2-3-4-5-6-7-8-9-10-21-11-13-22(14-12-21)25-19-30-27(31-20-25)23-15-16-24(18-29)26(28)17-23/h15-17,19-22H,2-14H2,1H3. The van der Waals surface area contributed by atoms with Crippen LogP contribution in [0, 0.1) is 23.1 Å². The number of rotatable bonds is 11. The van der Waals surface area contributed by atoms with Gasteiger partial charge in [0.2, 0.25) is 0 Å². The van der Waals surface area contributed by atoms with Crippen LogP contribution in [0.1, 0.15) is 107 Å². The summed E-state index contributed by atoms with van der Waals surface area (Å²) >= 11 is 0. The first-order chi connectivity index (χ1) is 15.2. The van der Waals surface area contributed by atoms with Gasteiger partial charge >= 0.3 is 0 Å². The molecule has 0 N–H and O–H groups in total. The van der Waals surface area contributed by atoms with Gasteiger partial charge < -0.3 is 0 Å². The Morgan fingerprint density at radius 2 is 1.58 bits per heavy atom. The van der Waals surface area contributed by atoms with Gasteiger partial charge in [0.15, 0.2) is 5.82 Å². The van der Waals surface area contributed by atoms with E-state index in [1.807, 2.05) is 18.5 Å². The average molecular weight is 422 g/mol. The van der Waals surface area contributed by atoms with Crippen molar-refractivity contribution in [3.05, 3.63) is 47.5 Å². The molecule has 31 heavy (non-hydrogen) atoms. The highest BCUT2D eigenvalue weighted by molar-refractivity contribution is 5.56. The molecule has 0 atom stereocenters. The van der Waals surface area contributed by atoms with E-state index >= 15 is 0 Å². The van der Waals surface area contributed by atoms with Crippen LogP contribution < -0.4 is 0 Å². The molecule has 3 nitrogen and oxygen atoms in total. The lowest BCUT2D eigenvalue weighted by Crippen LogP contribution is -2.14. The minimum absolute atomic E-state index is 0.0455. The SMILES string of the molecule is CCCCCCCCCCC1CCC(c2cnc(-c3ccc(C#N)c(F)c3)nc2)CC1. The number of unbranched alkanes of at least 4 members (excludes halogenated alkanes) is 7. The number of aromatic nitrogens is 2. The Morgan fingerprint density at radius 1 is 0.935 bits per heavy atom. The highest BCUT2D eigenvalue weighted by Crippen LogP contribution is 2.37. The van der Waals surface area contributed by atoms with E-state index in [2.05, 4.69) is 16.9 Å². The summed E-state index contributed by atoms with van der Waals surface area (Å²) in [4.78, 5) is 8.95. The van der Waals surface area contributed by atoms with Gasteiger partial charge in [0, 0.05) is 18.0 Å². The number of benzene rings is 1.